The standard InChI is InChI=1S/C17H28N2O4/c1-17(2,3)23-15(20)18-10-9-14(11-18)22-16(21)19-12-5-4-6-13(19)8-7-12/h12-14H,4-11H2,1-3H3/t12?,13?,14-/m1/s1. The van der Waals surface area contributed by atoms with Gasteiger partial charge in [-0.2, -0.15) is 0 Å². The zero-order valence-corrected chi connectivity index (χ0v) is 14.4. The van der Waals surface area contributed by atoms with E-state index in [9.17, 15) is 9.59 Å². The Labute approximate surface area is 138 Å². The normalized spacial score (nSPS) is 30.5. The topological polar surface area (TPSA) is 59.1 Å². The molecule has 2 amide bonds. The number of carbonyl (C=O) groups excluding carboxylic acids is 2. The molecule has 0 radical (unpaired) electrons. The molecule has 6 nitrogen and oxygen atoms in total. The van der Waals surface area contributed by atoms with Crippen LogP contribution < -0.4 is 0 Å². The number of hydrogen-bond donors (Lipinski definition) is 0. The van der Waals surface area contributed by atoms with E-state index in [0.29, 0.717) is 31.6 Å². The van der Waals surface area contributed by atoms with E-state index in [2.05, 4.69) is 0 Å². The van der Waals surface area contributed by atoms with Crippen molar-refractivity contribution in [2.24, 2.45) is 0 Å². The fourth-order valence-electron chi connectivity index (χ4n) is 3.94. The van der Waals surface area contributed by atoms with Gasteiger partial charge in [-0.15, -0.1) is 0 Å². The molecule has 3 aliphatic heterocycles. The molecule has 3 heterocycles. The Hall–Kier alpha value is -1.46. The number of likely N-dealkylation sites (tertiary alicyclic amines) is 1. The molecule has 0 N–H and O–H groups in total. The van der Waals surface area contributed by atoms with Gasteiger partial charge < -0.3 is 19.3 Å². The molecule has 3 saturated heterocycles. The van der Waals surface area contributed by atoms with Crippen molar-refractivity contribution in [2.45, 2.75) is 83.1 Å². The Balaban J connectivity index is 1.50. The largest absolute Gasteiger partial charge is 0.444 e. The van der Waals surface area contributed by atoms with Crippen molar-refractivity contribution in [3.8, 4) is 0 Å². The molecule has 3 fully saturated rings. The zero-order valence-electron chi connectivity index (χ0n) is 14.4. The van der Waals surface area contributed by atoms with Crippen LogP contribution in [0.15, 0.2) is 0 Å². The van der Waals surface area contributed by atoms with E-state index in [1.54, 1.807) is 4.90 Å². The SMILES string of the molecule is CC(C)(C)OC(=O)N1CC[C@@H](OC(=O)N2C3CCCC2CC3)C1. The van der Waals surface area contributed by atoms with E-state index in [0.717, 1.165) is 25.7 Å². The Morgan fingerprint density at radius 3 is 2.22 bits per heavy atom. The predicted octanol–water partition coefficient (Wildman–Crippen LogP) is 3.15. The molecule has 0 aliphatic carbocycles. The Morgan fingerprint density at radius 1 is 0.957 bits per heavy atom. The average Bonchev–Trinajstić information content (AvgIpc) is 3.00. The first kappa shape index (κ1) is 16.4. The maximum atomic E-state index is 12.5. The number of amides is 2. The molecule has 23 heavy (non-hydrogen) atoms. The van der Waals surface area contributed by atoms with Crippen molar-refractivity contribution >= 4 is 12.2 Å². The van der Waals surface area contributed by atoms with Gasteiger partial charge in [0.15, 0.2) is 0 Å². The third-order valence-electron chi connectivity index (χ3n) is 4.97. The van der Waals surface area contributed by atoms with Crippen LogP contribution >= 0.6 is 0 Å². The van der Waals surface area contributed by atoms with Crippen LogP contribution in [0.25, 0.3) is 0 Å². The molecule has 3 aliphatic rings. The molecule has 3 rings (SSSR count). The lowest BCUT2D eigenvalue weighted by Crippen LogP contribution is -2.45. The molecular weight excluding hydrogens is 296 g/mol. The van der Waals surface area contributed by atoms with E-state index in [-0.39, 0.29) is 18.3 Å². The molecule has 130 valence electrons. The van der Waals surface area contributed by atoms with Gasteiger partial charge >= 0.3 is 12.2 Å². The van der Waals surface area contributed by atoms with Crippen molar-refractivity contribution < 1.29 is 19.1 Å². The molecule has 0 saturated carbocycles. The molecule has 2 unspecified atom stereocenters. The fraction of sp³-hybridized carbons (Fsp3) is 0.882. The van der Waals surface area contributed by atoms with Crippen LogP contribution in [0, 0.1) is 0 Å². The highest BCUT2D eigenvalue weighted by molar-refractivity contribution is 5.70. The first-order chi connectivity index (χ1) is 10.8. The number of nitrogens with zero attached hydrogens (tertiary/aromatic N) is 2. The summed E-state index contributed by atoms with van der Waals surface area (Å²) in [6, 6.07) is 0.731. The lowest BCUT2D eigenvalue weighted by molar-refractivity contribution is 0.0207. The van der Waals surface area contributed by atoms with Gasteiger partial charge in [0.2, 0.25) is 0 Å². The molecule has 6 heteroatoms. The number of carbonyl (C=O) groups is 2. The first-order valence-corrected chi connectivity index (χ1v) is 8.80. The highest BCUT2D eigenvalue weighted by atomic mass is 16.6. The minimum Gasteiger partial charge on any atom is -0.444 e. The van der Waals surface area contributed by atoms with Gasteiger partial charge in [0.25, 0.3) is 0 Å². The number of rotatable bonds is 1. The fourth-order valence-corrected chi connectivity index (χ4v) is 3.94. The number of hydrogen-bond acceptors (Lipinski definition) is 4. The van der Waals surface area contributed by atoms with Gasteiger partial charge in [0.1, 0.15) is 11.7 Å². The first-order valence-electron chi connectivity index (χ1n) is 8.80. The summed E-state index contributed by atoms with van der Waals surface area (Å²) in [5.41, 5.74) is -0.501. The maximum absolute atomic E-state index is 12.5. The third-order valence-corrected chi connectivity index (χ3v) is 4.97. The second-order valence-corrected chi connectivity index (χ2v) is 7.94. The Kier molecular flexibility index (Phi) is 4.43. The molecule has 3 atom stereocenters. The smallest absolute Gasteiger partial charge is 0.410 e. The van der Waals surface area contributed by atoms with Crippen LogP contribution in [0.2, 0.25) is 0 Å². The summed E-state index contributed by atoms with van der Waals surface area (Å²) in [4.78, 5) is 28.1. The Morgan fingerprint density at radius 2 is 1.61 bits per heavy atom. The highest BCUT2D eigenvalue weighted by Crippen LogP contribution is 2.36. The summed E-state index contributed by atoms with van der Waals surface area (Å²) in [6.45, 7) is 6.57. The summed E-state index contributed by atoms with van der Waals surface area (Å²) >= 11 is 0. The molecule has 0 spiro atoms. The summed E-state index contributed by atoms with van der Waals surface area (Å²) in [5.74, 6) is 0. The number of ether oxygens (including phenoxy) is 2. The van der Waals surface area contributed by atoms with Crippen molar-refractivity contribution in [2.75, 3.05) is 13.1 Å². The van der Waals surface area contributed by atoms with Gasteiger partial charge in [-0.3, -0.25) is 0 Å². The quantitative estimate of drug-likeness (QED) is 0.743. The van der Waals surface area contributed by atoms with Gasteiger partial charge in [0.05, 0.1) is 6.54 Å². The van der Waals surface area contributed by atoms with Crippen molar-refractivity contribution in [1.29, 1.82) is 0 Å². The number of fused-ring (bicyclic) bond motifs is 2. The molecule has 0 aromatic rings. The highest BCUT2D eigenvalue weighted by Gasteiger charge is 2.42. The summed E-state index contributed by atoms with van der Waals surface area (Å²) in [5, 5.41) is 0. The molecule has 0 aromatic carbocycles. The second kappa shape index (κ2) is 6.21. The zero-order chi connectivity index (χ0) is 16.6. The van der Waals surface area contributed by atoms with E-state index >= 15 is 0 Å². The Bertz CT molecular complexity index is 458. The van der Waals surface area contributed by atoms with Crippen LogP contribution in [0.1, 0.15) is 59.3 Å². The summed E-state index contributed by atoms with van der Waals surface area (Å²) < 4.78 is 11.1. The van der Waals surface area contributed by atoms with Crippen molar-refractivity contribution in [3.05, 3.63) is 0 Å². The van der Waals surface area contributed by atoms with Crippen molar-refractivity contribution in [3.63, 3.8) is 0 Å². The number of piperidine rings is 1. The van der Waals surface area contributed by atoms with Gasteiger partial charge in [0, 0.05) is 25.0 Å². The van der Waals surface area contributed by atoms with Crippen LogP contribution in [0.3, 0.4) is 0 Å². The predicted molar refractivity (Wildman–Crippen MR) is 85.2 cm³/mol. The van der Waals surface area contributed by atoms with Crippen LogP contribution in [0.4, 0.5) is 9.59 Å². The lowest BCUT2D eigenvalue weighted by Gasteiger charge is -2.34. The monoisotopic (exact) mass is 324 g/mol. The molecule has 0 aromatic heterocycles. The third kappa shape index (κ3) is 3.72. The minimum atomic E-state index is -0.501. The van der Waals surface area contributed by atoms with E-state index in [4.69, 9.17) is 9.47 Å². The summed E-state index contributed by atoms with van der Waals surface area (Å²) in [6.07, 6.45) is 5.59. The van der Waals surface area contributed by atoms with E-state index in [1.165, 1.54) is 6.42 Å². The van der Waals surface area contributed by atoms with E-state index in [1.807, 2.05) is 25.7 Å². The minimum absolute atomic E-state index is 0.187. The molecule has 2 bridgehead atoms. The van der Waals surface area contributed by atoms with Gasteiger partial charge in [-0.25, -0.2) is 9.59 Å². The lowest BCUT2D eigenvalue weighted by atomic mass is 10.0. The van der Waals surface area contributed by atoms with Gasteiger partial charge in [-0.05, 0) is 52.9 Å². The van der Waals surface area contributed by atoms with Gasteiger partial charge in [-0.1, -0.05) is 0 Å². The van der Waals surface area contributed by atoms with Crippen LogP contribution in [-0.4, -0.2) is 58.9 Å². The average molecular weight is 324 g/mol. The maximum Gasteiger partial charge on any atom is 0.410 e. The van der Waals surface area contributed by atoms with Crippen LogP contribution in [-0.2, 0) is 9.47 Å². The van der Waals surface area contributed by atoms with E-state index < -0.39 is 5.60 Å². The second-order valence-electron chi connectivity index (χ2n) is 7.94. The summed E-state index contributed by atoms with van der Waals surface area (Å²) in [7, 11) is 0. The van der Waals surface area contributed by atoms with Crippen molar-refractivity contribution in [1.82, 2.24) is 9.80 Å². The van der Waals surface area contributed by atoms with Crippen LogP contribution in [0.5, 0.6) is 0 Å². The molecular formula is C17H28N2O4.